The normalized spacial score (nSPS) is 29.9. The standard InChI is InChI=1S/C15H19N3O2/c1-11-4-6-15(7-5-11)13(19)17-14(20)18(15)10-12-3-2-8-16-9-12/h2-3,8-9,11H,4-7,10H2,1H3,(H,17,19,20). The molecule has 0 radical (unpaired) electrons. The van der Waals surface area contributed by atoms with Crippen LogP contribution in [0, 0.1) is 5.92 Å². The van der Waals surface area contributed by atoms with Crippen LogP contribution in [0.2, 0.25) is 0 Å². The molecule has 2 heterocycles. The first-order chi connectivity index (χ1) is 9.62. The van der Waals surface area contributed by atoms with E-state index in [1.54, 1.807) is 17.3 Å². The molecule has 1 aromatic heterocycles. The van der Waals surface area contributed by atoms with Crippen molar-refractivity contribution in [1.29, 1.82) is 0 Å². The first kappa shape index (κ1) is 13.1. The molecule has 1 N–H and O–H groups in total. The second-order valence-electron chi connectivity index (χ2n) is 5.92. The van der Waals surface area contributed by atoms with Crippen molar-refractivity contribution in [3.05, 3.63) is 30.1 Å². The van der Waals surface area contributed by atoms with Crippen LogP contribution in [-0.2, 0) is 11.3 Å². The van der Waals surface area contributed by atoms with Gasteiger partial charge in [-0.05, 0) is 43.2 Å². The van der Waals surface area contributed by atoms with Gasteiger partial charge in [-0.1, -0.05) is 13.0 Å². The lowest BCUT2D eigenvalue weighted by Gasteiger charge is -2.40. The van der Waals surface area contributed by atoms with Gasteiger partial charge in [0.2, 0.25) is 0 Å². The van der Waals surface area contributed by atoms with Crippen LogP contribution in [0.15, 0.2) is 24.5 Å². The molecular formula is C15H19N3O2. The molecule has 1 aliphatic heterocycles. The Morgan fingerprint density at radius 2 is 2.15 bits per heavy atom. The predicted octanol–water partition coefficient (Wildman–Crippen LogP) is 2.08. The van der Waals surface area contributed by atoms with Crippen molar-refractivity contribution in [1.82, 2.24) is 15.2 Å². The smallest absolute Gasteiger partial charge is 0.305 e. The Hall–Kier alpha value is -1.91. The van der Waals surface area contributed by atoms with E-state index < -0.39 is 5.54 Å². The molecular weight excluding hydrogens is 254 g/mol. The number of aromatic nitrogens is 1. The van der Waals surface area contributed by atoms with Gasteiger partial charge in [-0.3, -0.25) is 15.1 Å². The molecule has 0 unspecified atom stereocenters. The van der Waals surface area contributed by atoms with Crippen molar-refractivity contribution in [3.8, 4) is 0 Å². The number of hydrogen-bond donors (Lipinski definition) is 1. The van der Waals surface area contributed by atoms with Gasteiger partial charge in [-0.25, -0.2) is 4.79 Å². The zero-order valence-corrected chi connectivity index (χ0v) is 11.6. The minimum absolute atomic E-state index is 0.127. The summed E-state index contributed by atoms with van der Waals surface area (Å²) in [5, 5.41) is 2.49. The van der Waals surface area contributed by atoms with E-state index in [1.165, 1.54) is 0 Å². The molecule has 0 bridgehead atoms. The number of imide groups is 1. The first-order valence-corrected chi connectivity index (χ1v) is 7.14. The van der Waals surface area contributed by atoms with Crippen LogP contribution in [0.1, 0.15) is 38.2 Å². The number of carbonyl (C=O) groups excluding carboxylic acids is 2. The third-order valence-electron chi connectivity index (χ3n) is 4.57. The van der Waals surface area contributed by atoms with Crippen LogP contribution in [0.3, 0.4) is 0 Å². The molecule has 1 aliphatic carbocycles. The van der Waals surface area contributed by atoms with Gasteiger partial charge < -0.3 is 4.90 Å². The molecule has 1 saturated heterocycles. The van der Waals surface area contributed by atoms with E-state index in [1.807, 2.05) is 12.1 Å². The van der Waals surface area contributed by atoms with Gasteiger partial charge in [-0.15, -0.1) is 0 Å². The van der Waals surface area contributed by atoms with E-state index in [0.29, 0.717) is 12.5 Å². The Morgan fingerprint density at radius 1 is 1.40 bits per heavy atom. The summed E-state index contributed by atoms with van der Waals surface area (Å²) in [6.45, 7) is 2.65. The first-order valence-electron chi connectivity index (χ1n) is 7.14. The van der Waals surface area contributed by atoms with E-state index >= 15 is 0 Å². The summed E-state index contributed by atoms with van der Waals surface area (Å²) in [6, 6.07) is 3.51. The maximum Gasteiger partial charge on any atom is 0.325 e. The lowest BCUT2D eigenvalue weighted by Crippen LogP contribution is -2.51. The van der Waals surface area contributed by atoms with Crippen LogP contribution in [-0.4, -0.2) is 27.4 Å². The molecule has 5 nitrogen and oxygen atoms in total. The highest BCUT2D eigenvalue weighted by atomic mass is 16.2. The fraction of sp³-hybridized carbons (Fsp3) is 0.533. The maximum absolute atomic E-state index is 12.3. The lowest BCUT2D eigenvalue weighted by atomic mass is 9.76. The van der Waals surface area contributed by atoms with Crippen molar-refractivity contribution in [2.75, 3.05) is 0 Å². The van der Waals surface area contributed by atoms with Gasteiger partial charge in [0.25, 0.3) is 5.91 Å². The molecule has 2 aliphatic rings. The molecule has 5 heteroatoms. The van der Waals surface area contributed by atoms with E-state index in [-0.39, 0.29) is 11.9 Å². The second kappa shape index (κ2) is 4.89. The van der Waals surface area contributed by atoms with Crippen LogP contribution in [0.4, 0.5) is 4.79 Å². The topological polar surface area (TPSA) is 62.3 Å². The van der Waals surface area contributed by atoms with Crippen LogP contribution in [0.5, 0.6) is 0 Å². The molecule has 2 fully saturated rings. The summed E-state index contributed by atoms with van der Waals surface area (Å²) in [6.07, 6.45) is 6.94. The van der Waals surface area contributed by atoms with Crippen molar-refractivity contribution < 1.29 is 9.59 Å². The van der Waals surface area contributed by atoms with E-state index in [0.717, 1.165) is 31.2 Å². The number of carbonyl (C=O) groups is 2. The largest absolute Gasteiger partial charge is 0.325 e. The lowest BCUT2D eigenvalue weighted by molar-refractivity contribution is -0.128. The molecule has 1 aromatic rings. The average molecular weight is 273 g/mol. The number of hydrogen-bond acceptors (Lipinski definition) is 3. The van der Waals surface area contributed by atoms with Crippen molar-refractivity contribution in [2.45, 2.75) is 44.7 Å². The highest BCUT2D eigenvalue weighted by Gasteiger charge is 2.53. The fourth-order valence-corrected chi connectivity index (χ4v) is 3.23. The third kappa shape index (κ3) is 2.07. The minimum atomic E-state index is -0.639. The number of urea groups is 1. The number of amides is 3. The summed E-state index contributed by atoms with van der Waals surface area (Å²) in [5.41, 5.74) is 0.315. The fourth-order valence-electron chi connectivity index (χ4n) is 3.23. The quantitative estimate of drug-likeness (QED) is 0.839. The summed E-state index contributed by atoms with van der Waals surface area (Å²) in [4.78, 5) is 30.2. The number of nitrogens with one attached hydrogen (secondary N) is 1. The Kier molecular flexibility index (Phi) is 3.20. The van der Waals surface area contributed by atoms with Crippen molar-refractivity contribution in [2.24, 2.45) is 5.92 Å². The Morgan fingerprint density at radius 3 is 2.80 bits per heavy atom. The summed E-state index contributed by atoms with van der Waals surface area (Å²) >= 11 is 0. The number of nitrogens with zero attached hydrogens (tertiary/aromatic N) is 2. The molecule has 20 heavy (non-hydrogen) atoms. The SMILES string of the molecule is CC1CCC2(CC1)C(=O)NC(=O)N2Cc1cccnc1. The van der Waals surface area contributed by atoms with Crippen LogP contribution < -0.4 is 5.32 Å². The Bertz CT molecular complexity index is 521. The van der Waals surface area contributed by atoms with Gasteiger partial charge in [0.1, 0.15) is 5.54 Å². The van der Waals surface area contributed by atoms with Crippen molar-refractivity contribution in [3.63, 3.8) is 0 Å². The van der Waals surface area contributed by atoms with E-state index in [4.69, 9.17) is 0 Å². The third-order valence-corrected chi connectivity index (χ3v) is 4.57. The highest BCUT2D eigenvalue weighted by Crippen LogP contribution is 2.40. The molecule has 0 atom stereocenters. The van der Waals surface area contributed by atoms with Crippen LogP contribution >= 0.6 is 0 Å². The van der Waals surface area contributed by atoms with Gasteiger partial charge in [0, 0.05) is 12.4 Å². The molecule has 1 spiro atoms. The Balaban J connectivity index is 1.87. The zero-order valence-electron chi connectivity index (χ0n) is 11.6. The minimum Gasteiger partial charge on any atom is -0.305 e. The van der Waals surface area contributed by atoms with E-state index in [2.05, 4.69) is 17.2 Å². The average Bonchev–Trinajstić information content (AvgIpc) is 2.68. The van der Waals surface area contributed by atoms with Crippen molar-refractivity contribution >= 4 is 11.9 Å². The molecule has 0 aromatic carbocycles. The summed E-state index contributed by atoms with van der Waals surface area (Å²) in [5.74, 6) is 0.502. The van der Waals surface area contributed by atoms with Gasteiger partial charge >= 0.3 is 6.03 Å². The molecule has 3 amide bonds. The van der Waals surface area contributed by atoms with Gasteiger partial charge in [0.05, 0.1) is 6.54 Å². The second-order valence-corrected chi connectivity index (χ2v) is 5.92. The molecule has 1 saturated carbocycles. The highest BCUT2D eigenvalue weighted by molar-refractivity contribution is 6.07. The summed E-state index contributed by atoms with van der Waals surface area (Å²) in [7, 11) is 0. The van der Waals surface area contributed by atoms with E-state index in [9.17, 15) is 9.59 Å². The van der Waals surface area contributed by atoms with Gasteiger partial charge in [-0.2, -0.15) is 0 Å². The molecule has 3 rings (SSSR count). The zero-order chi connectivity index (χ0) is 14.2. The summed E-state index contributed by atoms with van der Waals surface area (Å²) < 4.78 is 0. The van der Waals surface area contributed by atoms with Crippen LogP contribution in [0.25, 0.3) is 0 Å². The molecule has 106 valence electrons. The number of pyridine rings is 1. The monoisotopic (exact) mass is 273 g/mol. The maximum atomic E-state index is 12.3. The Labute approximate surface area is 118 Å². The predicted molar refractivity (Wildman–Crippen MR) is 73.7 cm³/mol. The number of rotatable bonds is 2. The van der Waals surface area contributed by atoms with Gasteiger partial charge in [0.15, 0.2) is 0 Å².